The van der Waals surface area contributed by atoms with Gasteiger partial charge in [-0.15, -0.1) is 0 Å². The minimum Gasteiger partial charge on any atom is -0.493 e. The van der Waals surface area contributed by atoms with Gasteiger partial charge >= 0.3 is 5.97 Å². The van der Waals surface area contributed by atoms with Crippen molar-refractivity contribution in [3.8, 4) is 5.75 Å². The molecular formula is C18H20N2O4. The Morgan fingerprint density at radius 3 is 2.79 bits per heavy atom. The average molecular weight is 328 g/mol. The van der Waals surface area contributed by atoms with Gasteiger partial charge in [0, 0.05) is 17.7 Å². The van der Waals surface area contributed by atoms with Gasteiger partial charge in [-0.1, -0.05) is 18.2 Å². The number of aromatic amines is 1. The van der Waals surface area contributed by atoms with Crippen LogP contribution in [0.5, 0.6) is 5.75 Å². The number of benzene rings is 1. The zero-order valence-corrected chi connectivity index (χ0v) is 13.9. The highest BCUT2D eigenvalue weighted by Gasteiger charge is 2.26. The monoisotopic (exact) mass is 328 g/mol. The van der Waals surface area contributed by atoms with Gasteiger partial charge in [0.25, 0.3) is 5.91 Å². The number of ether oxygens (including phenoxy) is 2. The van der Waals surface area contributed by atoms with Gasteiger partial charge in [-0.05, 0) is 25.5 Å². The molecule has 2 heterocycles. The van der Waals surface area contributed by atoms with Crippen molar-refractivity contribution in [3.63, 3.8) is 0 Å². The van der Waals surface area contributed by atoms with Gasteiger partial charge in [0.2, 0.25) is 0 Å². The van der Waals surface area contributed by atoms with Crippen molar-refractivity contribution in [1.29, 1.82) is 0 Å². The number of esters is 1. The molecule has 0 spiro atoms. The molecule has 1 atom stereocenters. The van der Waals surface area contributed by atoms with Crippen LogP contribution in [0.1, 0.15) is 50.1 Å². The summed E-state index contributed by atoms with van der Waals surface area (Å²) >= 11 is 0. The van der Waals surface area contributed by atoms with E-state index < -0.39 is 5.97 Å². The van der Waals surface area contributed by atoms with Gasteiger partial charge in [-0.3, -0.25) is 4.79 Å². The number of H-pyrrole nitrogens is 1. The van der Waals surface area contributed by atoms with E-state index in [0.29, 0.717) is 35.5 Å². The fourth-order valence-corrected chi connectivity index (χ4v) is 3.11. The smallest absolute Gasteiger partial charge is 0.339 e. The third-order valence-corrected chi connectivity index (χ3v) is 4.32. The number of methoxy groups -OCH3 is 1. The highest BCUT2D eigenvalue weighted by atomic mass is 16.5. The summed E-state index contributed by atoms with van der Waals surface area (Å²) < 4.78 is 10.4. The summed E-state index contributed by atoms with van der Waals surface area (Å²) in [5.41, 5.74) is 2.98. The first-order valence-corrected chi connectivity index (χ1v) is 7.83. The fourth-order valence-electron chi connectivity index (χ4n) is 3.11. The Morgan fingerprint density at radius 1 is 1.29 bits per heavy atom. The molecule has 0 fully saturated rings. The molecule has 6 nitrogen and oxygen atoms in total. The second-order valence-electron chi connectivity index (χ2n) is 5.82. The van der Waals surface area contributed by atoms with Crippen molar-refractivity contribution in [3.05, 3.63) is 52.3 Å². The Bertz CT molecular complexity index is 794. The maximum absolute atomic E-state index is 12.7. The molecule has 0 aliphatic carbocycles. The van der Waals surface area contributed by atoms with Crippen LogP contribution in [0.4, 0.5) is 0 Å². The summed E-state index contributed by atoms with van der Waals surface area (Å²) in [6.45, 7) is 4.04. The van der Waals surface area contributed by atoms with Crippen LogP contribution in [-0.2, 0) is 4.74 Å². The number of hydrogen-bond donors (Lipinski definition) is 2. The van der Waals surface area contributed by atoms with E-state index >= 15 is 0 Å². The van der Waals surface area contributed by atoms with Crippen LogP contribution in [0.25, 0.3) is 0 Å². The van der Waals surface area contributed by atoms with Crippen molar-refractivity contribution in [2.45, 2.75) is 26.3 Å². The minimum atomic E-state index is -0.447. The molecule has 1 amide bonds. The quantitative estimate of drug-likeness (QED) is 0.849. The molecule has 1 aliphatic heterocycles. The fraction of sp³-hybridized carbons (Fsp3) is 0.333. The molecule has 0 bridgehead atoms. The third-order valence-electron chi connectivity index (χ3n) is 4.32. The molecule has 1 aromatic carbocycles. The van der Waals surface area contributed by atoms with Crippen molar-refractivity contribution < 1.29 is 19.1 Å². The molecule has 0 radical (unpaired) electrons. The van der Waals surface area contributed by atoms with Crippen molar-refractivity contribution in [1.82, 2.24) is 10.3 Å². The lowest BCUT2D eigenvalue weighted by Gasteiger charge is -2.26. The first-order chi connectivity index (χ1) is 11.5. The van der Waals surface area contributed by atoms with Gasteiger partial charge in [0.05, 0.1) is 25.3 Å². The summed E-state index contributed by atoms with van der Waals surface area (Å²) in [4.78, 5) is 27.5. The van der Waals surface area contributed by atoms with Gasteiger partial charge < -0.3 is 19.8 Å². The van der Waals surface area contributed by atoms with E-state index in [1.165, 1.54) is 7.11 Å². The number of aryl methyl sites for hydroxylation is 1. The lowest BCUT2D eigenvalue weighted by Crippen LogP contribution is -2.32. The number of nitrogens with one attached hydrogen (secondary N) is 2. The standard InChI is InChI=1S/C18H20N2O4/c1-10-15(18(22)23-3)11(2)19-16(10)17(21)20-13-8-9-24-14-7-5-4-6-12(13)14/h4-7,13,19H,8-9H2,1-3H3,(H,20,21). The molecule has 6 heteroatoms. The van der Waals surface area contributed by atoms with Crippen LogP contribution in [0, 0.1) is 13.8 Å². The number of para-hydroxylation sites is 1. The molecule has 1 aliphatic rings. The SMILES string of the molecule is COC(=O)c1c(C)[nH]c(C(=O)NC2CCOc3ccccc32)c1C. The first kappa shape index (κ1) is 16.1. The predicted molar refractivity (Wildman–Crippen MR) is 88.4 cm³/mol. The third kappa shape index (κ3) is 2.75. The zero-order chi connectivity index (χ0) is 17.3. The van der Waals surface area contributed by atoms with E-state index in [9.17, 15) is 9.59 Å². The molecule has 1 unspecified atom stereocenters. The number of hydrogen-bond acceptors (Lipinski definition) is 4. The van der Waals surface area contributed by atoms with Gasteiger partial charge in [-0.25, -0.2) is 4.79 Å². The highest BCUT2D eigenvalue weighted by molar-refractivity contribution is 6.00. The van der Waals surface area contributed by atoms with Crippen molar-refractivity contribution in [2.24, 2.45) is 0 Å². The largest absolute Gasteiger partial charge is 0.493 e. The Labute approximate surface area is 140 Å². The van der Waals surface area contributed by atoms with E-state index in [1.54, 1.807) is 13.8 Å². The number of amides is 1. The first-order valence-electron chi connectivity index (χ1n) is 7.83. The maximum Gasteiger partial charge on any atom is 0.339 e. The molecule has 24 heavy (non-hydrogen) atoms. The van der Waals surface area contributed by atoms with Gasteiger partial charge in [0.15, 0.2) is 0 Å². The number of carbonyl (C=O) groups excluding carboxylic acids is 2. The second-order valence-corrected chi connectivity index (χ2v) is 5.82. The lowest BCUT2D eigenvalue weighted by molar-refractivity contribution is 0.0599. The topological polar surface area (TPSA) is 80.4 Å². The lowest BCUT2D eigenvalue weighted by atomic mass is 10.0. The molecule has 126 valence electrons. The van der Waals surface area contributed by atoms with Crippen LogP contribution in [0.15, 0.2) is 24.3 Å². The summed E-state index contributed by atoms with van der Waals surface area (Å²) in [5, 5.41) is 3.03. The molecule has 2 aromatic rings. The molecule has 1 aromatic heterocycles. The van der Waals surface area contributed by atoms with E-state index in [1.807, 2.05) is 24.3 Å². The second kappa shape index (κ2) is 6.39. The predicted octanol–water partition coefficient (Wildman–Crippen LogP) is 2.67. The molecule has 3 rings (SSSR count). The summed E-state index contributed by atoms with van der Waals surface area (Å²) in [7, 11) is 1.33. The molecule has 2 N–H and O–H groups in total. The highest BCUT2D eigenvalue weighted by Crippen LogP contribution is 2.32. The van der Waals surface area contributed by atoms with E-state index in [2.05, 4.69) is 10.3 Å². The van der Waals surface area contributed by atoms with Crippen LogP contribution in [0.2, 0.25) is 0 Å². The molecule has 0 saturated heterocycles. The van der Waals surface area contributed by atoms with Gasteiger partial charge in [0.1, 0.15) is 11.4 Å². The Hall–Kier alpha value is -2.76. The van der Waals surface area contributed by atoms with Gasteiger partial charge in [-0.2, -0.15) is 0 Å². The molecule has 0 saturated carbocycles. The van der Waals surface area contributed by atoms with E-state index in [4.69, 9.17) is 9.47 Å². The van der Waals surface area contributed by atoms with Crippen molar-refractivity contribution >= 4 is 11.9 Å². The van der Waals surface area contributed by atoms with E-state index in [-0.39, 0.29) is 11.9 Å². The summed E-state index contributed by atoms with van der Waals surface area (Å²) in [6.07, 6.45) is 0.700. The van der Waals surface area contributed by atoms with Crippen LogP contribution >= 0.6 is 0 Å². The Kier molecular flexibility index (Phi) is 4.29. The normalized spacial score (nSPS) is 16.0. The summed E-state index contributed by atoms with van der Waals surface area (Å²) in [6, 6.07) is 7.56. The number of aromatic nitrogens is 1. The van der Waals surface area contributed by atoms with Crippen LogP contribution in [0.3, 0.4) is 0 Å². The van der Waals surface area contributed by atoms with Crippen LogP contribution in [-0.4, -0.2) is 30.6 Å². The number of fused-ring (bicyclic) bond motifs is 1. The van der Waals surface area contributed by atoms with Crippen molar-refractivity contribution in [2.75, 3.05) is 13.7 Å². The summed E-state index contributed by atoms with van der Waals surface area (Å²) in [5.74, 6) is 0.104. The Morgan fingerprint density at radius 2 is 2.04 bits per heavy atom. The number of carbonyl (C=O) groups is 2. The number of rotatable bonds is 3. The average Bonchev–Trinajstić information content (AvgIpc) is 2.89. The van der Waals surface area contributed by atoms with Crippen LogP contribution < -0.4 is 10.1 Å². The minimum absolute atomic E-state index is 0.118. The Balaban J connectivity index is 1.86. The zero-order valence-electron chi connectivity index (χ0n) is 13.9. The molecular weight excluding hydrogens is 308 g/mol. The maximum atomic E-state index is 12.7. The van der Waals surface area contributed by atoms with E-state index in [0.717, 1.165) is 11.3 Å².